The quantitative estimate of drug-likeness (QED) is 0.0444. The van der Waals surface area contributed by atoms with E-state index in [0.29, 0.717) is 42.7 Å². The Morgan fingerprint density at radius 3 is 1.45 bits per heavy atom. The Bertz CT molecular complexity index is 2160. The molecular weight excluding hydrogens is 915 g/mol. The minimum atomic E-state index is -0.753. The number of benzene rings is 1. The van der Waals surface area contributed by atoms with Gasteiger partial charge in [0, 0.05) is 29.9 Å². The lowest BCUT2D eigenvalue weighted by Gasteiger charge is -2.07. The molecule has 17 nitrogen and oxygen atoms in total. The van der Waals surface area contributed by atoms with Crippen LogP contribution in [0.2, 0.25) is 0 Å². The number of H-pyrrole nitrogens is 1. The molecule has 20 heteroatoms. The number of pyridine rings is 1. The van der Waals surface area contributed by atoms with Gasteiger partial charge in [0.1, 0.15) is 37.1 Å². The molecule has 0 radical (unpaired) electrons. The summed E-state index contributed by atoms with van der Waals surface area (Å²) in [5.74, 6) is -1.36. The second-order valence-electron chi connectivity index (χ2n) is 13.3. The summed E-state index contributed by atoms with van der Waals surface area (Å²) in [5, 5.41) is 29.4. The first kappa shape index (κ1) is 51.2. The first-order valence-electron chi connectivity index (χ1n) is 20.2. The lowest BCUT2D eigenvalue weighted by molar-refractivity contribution is -0.137. The Morgan fingerprint density at radius 1 is 0.569 bits per heavy atom. The number of carbonyl (C=O) groups excluding carboxylic acids is 3. The second-order valence-corrected chi connectivity index (χ2v) is 14.2. The first-order valence-corrected chi connectivity index (χ1v) is 21.8. The van der Waals surface area contributed by atoms with Gasteiger partial charge in [0.25, 0.3) is 17.3 Å². The van der Waals surface area contributed by atoms with Gasteiger partial charge in [-0.05, 0) is 67.3 Å². The molecule has 0 saturated heterocycles. The standard InChI is InChI=1S/C16H17ClO5.C15H16ClNO5.C14H16ClNO5/c1-2-9-20-12-5-3-11(4-6-12)10-21-15-14(18)13(7-8-17)22-16(15)19;1-2-7-20-11-4-3-10(17-8-11)9-21-14-13(18)12(5-6-16)22-15(14)19;1-2-5-19-10-6-9(16-7-10)8-20-13-12(17)11(3-4-15)21-14(13)18/h3-7,18H,2,8-10H2,1H3;3-5,8,18H,2,6-7,9H2,1H3;3,6-7,16-17H,2,4-5,8H2,1H3/b13-7+;12-5+;11-3+. The third-order valence-corrected chi connectivity index (χ3v) is 8.74. The van der Waals surface area contributed by atoms with E-state index in [4.69, 9.17) is 77.4 Å². The molecule has 0 saturated carbocycles. The number of aromatic amines is 1. The van der Waals surface area contributed by atoms with Gasteiger partial charge >= 0.3 is 17.9 Å². The van der Waals surface area contributed by atoms with Crippen LogP contribution in [0.15, 0.2) is 125 Å². The summed E-state index contributed by atoms with van der Waals surface area (Å²) in [7, 11) is 0. The Kier molecular flexibility index (Phi) is 21.3. The molecule has 6 rings (SSSR count). The van der Waals surface area contributed by atoms with Crippen molar-refractivity contribution in [2.24, 2.45) is 0 Å². The number of alkyl halides is 3. The molecule has 4 N–H and O–H groups in total. The number of aromatic nitrogens is 2. The van der Waals surface area contributed by atoms with Gasteiger partial charge in [-0.2, -0.15) is 0 Å². The van der Waals surface area contributed by atoms with Crippen LogP contribution >= 0.6 is 34.8 Å². The first-order chi connectivity index (χ1) is 31.5. The summed E-state index contributed by atoms with van der Waals surface area (Å²) in [4.78, 5) is 41.8. The highest BCUT2D eigenvalue weighted by atomic mass is 35.5. The zero-order chi connectivity index (χ0) is 47.1. The number of cyclic esters (lactones) is 3. The number of nitrogens with one attached hydrogen (secondary N) is 1. The number of hydrogen-bond acceptors (Lipinski definition) is 16. The Hall–Kier alpha value is -6.43. The number of halogens is 3. The highest BCUT2D eigenvalue weighted by Gasteiger charge is 2.34. The number of rotatable bonds is 21. The molecule has 5 heterocycles. The van der Waals surface area contributed by atoms with Crippen molar-refractivity contribution in [2.75, 3.05) is 37.5 Å². The molecule has 65 heavy (non-hydrogen) atoms. The molecule has 0 unspecified atom stereocenters. The van der Waals surface area contributed by atoms with Gasteiger partial charge < -0.3 is 62.9 Å². The fraction of sp³-hybridized carbons (Fsp3) is 0.333. The van der Waals surface area contributed by atoms with Crippen molar-refractivity contribution in [3.05, 3.63) is 142 Å². The topological polar surface area (TPSA) is 224 Å². The maximum Gasteiger partial charge on any atom is 0.383 e. The van der Waals surface area contributed by atoms with Crippen LogP contribution in [0, 0.1) is 0 Å². The minimum absolute atomic E-state index is 0.00581. The number of ether oxygens (including phenoxy) is 9. The molecule has 0 amide bonds. The van der Waals surface area contributed by atoms with E-state index in [9.17, 15) is 29.7 Å². The van der Waals surface area contributed by atoms with Gasteiger partial charge in [0.15, 0.2) is 17.3 Å². The zero-order valence-electron chi connectivity index (χ0n) is 35.7. The molecular formula is C45H49Cl3N2O15. The highest BCUT2D eigenvalue weighted by Crippen LogP contribution is 2.28. The largest absolute Gasteiger partial charge is 0.501 e. The number of nitrogens with zero attached hydrogens (tertiary/aromatic N) is 1. The normalized spacial score (nSPS) is 16.2. The smallest absolute Gasteiger partial charge is 0.383 e. The molecule has 1 aromatic carbocycles. The lowest BCUT2D eigenvalue weighted by atomic mass is 10.2. The van der Waals surface area contributed by atoms with Crippen LogP contribution in [0.1, 0.15) is 57.0 Å². The molecule has 0 spiro atoms. The second kappa shape index (κ2) is 27.0. The number of esters is 3. The van der Waals surface area contributed by atoms with E-state index in [1.54, 1.807) is 30.6 Å². The zero-order valence-corrected chi connectivity index (χ0v) is 38.0. The highest BCUT2D eigenvalue weighted by molar-refractivity contribution is 6.19. The fourth-order valence-corrected chi connectivity index (χ4v) is 5.60. The molecule has 3 aliphatic rings. The average Bonchev–Trinajstić information content (AvgIpc) is 4.03. The van der Waals surface area contributed by atoms with Crippen molar-refractivity contribution >= 4 is 52.7 Å². The SMILES string of the molecule is CCCOc1c[nH]c(COC2=C(O)/C(=C\CCl)OC2=O)c1.CCCOc1ccc(COC2=C(O)/C(=C\CCl)OC2=O)cc1.CCCOc1ccc(COC2=C(O)/C(=C\CCl)OC2=O)nc1. The van der Waals surface area contributed by atoms with E-state index in [0.717, 1.165) is 30.6 Å². The van der Waals surface area contributed by atoms with Crippen molar-refractivity contribution in [1.29, 1.82) is 0 Å². The molecule has 0 fully saturated rings. The van der Waals surface area contributed by atoms with Crippen LogP contribution in [0.5, 0.6) is 17.2 Å². The summed E-state index contributed by atoms with van der Waals surface area (Å²) in [5.41, 5.74) is 2.14. The predicted molar refractivity (Wildman–Crippen MR) is 237 cm³/mol. The average molecular weight is 964 g/mol. The number of aliphatic hydroxyl groups is 3. The van der Waals surface area contributed by atoms with Gasteiger partial charge in [-0.1, -0.05) is 32.9 Å². The molecule has 2 aromatic heterocycles. The van der Waals surface area contributed by atoms with E-state index < -0.39 is 17.9 Å². The molecule has 350 valence electrons. The Morgan fingerprint density at radius 2 is 1.00 bits per heavy atom. The van der Waals surface area contributed by atoms with Crippen molar-refractivity contribution < 1.29 is 72.3 Å². The van der Waals surface area contributed by atoms with Crippen LogP contribution in [0.25, 0.3) is 0 Å². The maximum absolute atomic E-state index is 11.6. The molecule has 3 aliphatic heterocycles. The number of carbonyl (C=O) groups is 3. The van der Waals surface area contributed by atoms with Crippen LogP contribution in [0.3, 0.4) is 0 Å². The van der Waals surface area contributed by atoms with E-state index in [1.807, 2.05) is 45.0 Å². The summed E-state index contributed by atoms with van der Waals surface area (Å²) < 4.78 is 46.7. The van der Waals surface area contributed by atoms with Crippen molar-refractivity contribution in [2.45, 2.75) is 59.9 Å². The molecule has 3 aromatic rings. The predicted octanol–water partition coefficient (Wildman–Crippen LogP) is 9.05. The van der Waals surface area contributed by atoms with E-state index >= 15 is 0 Å². The lowest BCUT2D eigenvalue weighted by Crippen LogP contribution is -2.05. The van der Waals surface area contributed by atoms with Crippen molar-refractivity contribution in [3.63, 3.8) is 0 Å². The number of aliphatic hydroxyl groups excluding tert-OH is 3. The van der Waals surface area contributed by atoms with Crippen molar-refractivity contribution in [1.82, 2.24) is 9.97 Å². The summed E-state index contributed by atoms with van der Waals surface area (Å²) in [6, 6.07) is 12.6. The van der Waals surface area contributed by atoms with Gasteiger partial charge in [0.2, 0.25) is 17.3 Å². The van der Waals surface area contributed by atoms with Crippen LogP contribution in [-0.4, -0.2) is 80.7 Å². The Labute approximate surface area is 390 Å². The number of hydrogen-bond donors (Lipinski definition) is 4. The molecule has 0 bridgehead atoms. The third-order valence-electron chi connectivity index (χ3n) is 8.27. The maximum atomic E-state index is 11.6. The minimum Gasteiger partial charge on any atom is -0.501 e. The van der Waals surface area contributed by atoms with Crippen LogP contribution in [-0.2, 0) is 62.6 Å². The fourth-order valence-electron chi connectivity index (χ4n) is 5.18. The van der Waals surface area contributed by atoms with Crippen LogP contribution < -0.4 is 14.2 Å². The van der Waals surface area contributed by atoms with E-state index in [2.05, 4.69) is 9.97 Å². The summed E-state index contributed by atoms with van der Waals surface area (Å²) in [6.45, 7) is 8.23. The third kappa shape index (κ3) is 15.7. The monoisotopic (exact) mass is 962 g/mol. The van der Waals surface area contributed by atoms with E-state index in [-0.39, 0.29) is 89.3 Å². The van der Waals surface area contributed by atoms with Crippen LogP contribution in [0.4, 0.5) is 0 Å². The van der Waals surface area contributed by atoms with Crippen molar-refractivity contribution in [3.8, 4) is 17.2 Å². The molecule has 0 atom stereocenters. The van der Waals surface area contributed by atoms with Gasteiger partial charge in [-0.25, -0.2) is 14.4 Å². The summed E-state index contributed by atoms with van der Waals surface area (Å²) in [6.07, 6.45) is 10.2. The summed E-state index contributed by atoms with van der Waals surface area (Å²) >= 11 is 16.5. The van der Waals surface area contributed by atoms with Gasteiger partial charge in [-0.15, -0.1) is 34.8 Å². The molecule has 0 aliphatic carbocycles. The van der Waals surface area contributed by atoms with E-state index in [1.165, 1.54) is 18.2 Å². The Balaban J connectivity index is 0.000000213. The van der Waals surface area contributed by atoms with Gasteiger partial charge in [-0.3, -0.25) is 4.98 Å². The number of allylic oxidation sites excluding steroid dienone is 3. The van der Waals surface area contributed by atoms with Gasteiger partial charge in [0.05, 0.1) is 37.4 Å².